The molecule has 3 aromatic rings. The average Bonchev–Trinajstić information content (AvgIpc) is 3.33. The van der Waals surface area contributed by atoms with Crippen molar-refractivity contribution in [1.82, 2.24) is 10.9 Å². The lowest BCUT2D eigenvalue weighted by Gasteiger charge is -2.17. The number of nitrogens with zero attached hydrogens (tertiary/aromatic N) is 1. The quantitative estimate of drug-likeness (QED) is 0.735. The minimum absolute atomic E-state index is 0.282. The Labute approximate surface area is 153 Å². The number of nitrogens with one attached hydrogen (secondary N) is 2. The Morgan fingerprint density at radius 3 is 2.81 bits per heavy atom. The fraction of sp³-hybridized carbons (Fsp3) is 0.105. The molecule has 2 aliphatic heterocycles. The summed E-state index contributed by atoms with van der Waals surface area (Å²) in [6, 6.07) is 15.8. The second-order valence-electron chi connectivity index (χ2n) is 5.86. The predicted molar refractivity (Wildman–Crippen MR) is 102 cm³/mol. The SMILES string of the molecule is C1=C(c2cc3ccccc3o2)NNC(=NCc2ccc3c(c2)OCO3)S1. The van der Waals surface area contributed by atoms with E-state index in [1.165, 1.54) is 11.8 Å². The third kappa shape index (κ3) is 2.86. The Morgan fingerprint density at radius 1 is 1.00 bits per heavy atom. The minimum Gasteiger partial charge on any atom is -0.454 e. The normalized spacial score (nSPS) is 17.1. The zero-order chi connectivity index (χ0) is 17.3. The number of rotatable bonds is 3. The van der Waals surface area contributed by atoms with Gasteiger partial charge in [0.2, 0.25) is 6.79 Å². The first kappa shape index (κ1) is 15.2. The van der Waals surface area contributed by atoms with Gasteiger partial charge >= 0.3 is 0 Å². The van der Waals surface area contributed by atoms with Crippen LogP contribution in [0.4, 0.5) is 0 Å². The number of amidine groups is 1. The van der Waals surface area contributed by atoms with Crippen LogP contribution >= 0.6 is 11.8 Å². The maximum Gasteiger partial charge on any atom is 0.231 e. The molecule has 0 amide bonds. The van der Waals surface area contributed by atoms with Gasteiger partial charge in [0.15, 0.2) is 22.4 Å². The van der Waals surface area contributed by atoms with Crippen LogP contribution in [-0.4, -0.2) is 12.0 Å². The molecule has 5 rings (SSSR count). The molecule has 2 aromatic carbocycles. The summed E-state index contributed by atoms with van der Waals surface area (Å²) in [5.74, 6) is 2.35. The summed E-state index contributed by atoms with van der Waals surface area (Å²) >= 11 is 1.52. The molecule has 6 nitrogen and oxygen atoms in total. The molecule has 26 heavy (non-hydrogen) atoms. The van der Waals surface area contributed by atoms with E-state index in [9.17, 15) is 0 Å². The van der Waals surface area contributed by atoms with Crippen LogP contribution in [0, 0.1) is 0 Å². The van der Waals surface area contributed by atoms with Gasteiger partial charge < -0.3 is 13.9 Å². The van der Waals surface area contributed by atoms with E-state index in [4.69, 9.17) is 13.9 Å². The highest BCUT2D eigenvalue weighted by Gasteiger charge is 2.15. The maximum atomic E-state index is 5.86. The van der Waals surface area contributed by atoms with Crippen LogP contribution in [0.3, 0.4) is 0 Å². The predicted octanol–water partition coefficient (Wildman–Crippen LogP) is 3.86. The Morgan fingerprint density at radius 2 is 1.92 bits per heavy atom. The number of fused-ring (bicyclic) bond motifs is 2. The van der Waals surface area contributed by atoms with E-state index in [0.717, 1.165) is 44.7 Å². The van der Waals surface area contributed by atoms with Gasteiger partial charge in [0.25, 0.3) is 0 Å². The van der Waals surface area contributed by atoms with Crippen LogP contribution in [-0.2, 0) is 6.54 Å². The van der Waals surface area contributed by atoms with Gasteiger partial charge in [0, 0.05) is 10.8 Å². The van der Waals surface area contributed by atoms with Gasteiger partial charge in [-0.15, -0.1) is 0 Å². The Bertz CT molecular complexity index is 1010. The van der Waals surface area contributed by atoms with Gasteiger partial charge in [-0.25, -0.2) is 0 Å². The number of ether oxygens (including phenoxy) is 2. The van der Waals surface area contributed by atoms with E-state index < -0.39 is 0 Å². The molecular weight excluding hydrogens is 350 g/mol. The van der Waals surface area contributed by atoms with Crippen molar-refractivity contribution < 1.29 is 13.9 Å². The van der Waals surface area contributed by atoms with Crippen molar-refractivity contribution in [3.05, 3.63) is 65.3 Å². The lowest BCUT2D eigenvalue weighted by atomic mass is 10.2. The fourth-order valence-electron chi connectivity index (χ4n) is 2.81. The Hall–Kier alpha value is -3.06. The van der Waals surface area contributed by atoms with Crippen molar-refractivity contribution in [2.24, 2.45) is 4.99 Å². The molecule has 0 aliphatic carbocycles. The molecule has 0 atom stereocenters. The Balaban J connectivity index is 1.29. The highest BCUT2D eigenvalue weighted by atomic mass is 32.2. The van der Waals surface area contributed by atoms with Crippen LogP contribution in [0.2, 0.25) is 0 Å². The van der Waals surface area contributed by atoms with Gasteiger partial charge in [-0.3, -0.25) is 15.8 Å². The lowest BCUT2D eigenvalue weighted by molar-refractivity contribution is 0.174. The number of para-hydroxylation sites is 1. The third-order valence-electron chi connectivity index (χ3n) is 4.13. The fourth-order valence-corrected chi connectivity index (χ4v) is 3.46. The van der Waals surface area contributed by atoms with Crippen molar-refractivity contribution in [3.8, 4) is 11.5 Å². The summed E-state index contributed by atoms with van der Waals surface area (Å²) in [6.45, 7) is 0.839. The number of furan rings is 1. The van der Waals surface area contributed by atoms with Crippen molar-refractivity contribution in [3.63, 3.8) is 0 Å². The number of benzene rings is 2. The van der Waals surface area contributed by atoms with Crippen molar-refractivity contribution >= 4 is 33.6 Å². The summed E-state index contributed by atoms with van der Waals surface area (Å²) in [6.07, 6.45) is 0. The minimum atomic E-state index is 0.282. The topological polar surface area (TPSA) is 68.0 Å². The zero-order valence-electron chi connectivity index (χ0n) is 13.7. The first-order valence-corrected chi connectivity index (χ1v) is 9.04. The molecule has 2 aliphatic rings. The third-order valence-corrected chi connectivity index (χ3v) is 4.93. The lowest BCUT2D eigenvalue weighted by Crippen LogP contribution is -2.36. The molecular formula is C19H15N3O3S. The monoisotopic (exact) mass is 365 g/mol. The second kappa shape index (κ2) is 6.34. The molecule has 0 unspecified atom stereocenters. The van der Waals surface area contributed by atoms with E-state index in [1.807, 2.05) is 53.9 Å². The van der Waals surface area contributed by atoms with Crippen molar-refractivity contribution in [2.45, 2.75) is 6.54 Å². The van der Waals surface area contributed by atoms with Crippen LogP contribution < -0.4 is 20.3 Å². The number of hydrogen-bond donors (Lipinski definition) is 2. The van der Waals surface area contributed by atoms with Crippen LogP contribution in [0.1, 0.15) is 11.3 Å². The van der Waals surface area contributed by atoms with Gasteiger partial charge in [-0.1, -0.05) is 36.0 Å². The van der Waals surface area contributed by atoms with Gasteiger partial charge in [-0.2, -0.15) is 0 Å². The molecule has 3 heterocycles. The average molecular weight is 365 g/mol. The summed E-state index contributed by atoms with van der Waals surface area (Å²) in [5.41, 5.74) is 9.08. The number of hydrazine groups is 1. The van der Waals surface area contributed by atoms with Crippen molar-refractivity contribution in [2.75, 3.05) is 6.79 Å². The van der Waals surface area contributed by atoms with E-state index in [0.29, 0.717) is 6.54 Å². The van der Waals surface area contributed by atoms with Crippen LogP contribution in [0.5, 0.6) is 11.5 Å². The first-order valence-electron chi connectivity index (χ1n) is 8.16. The molecule has 0 fully saturated rings. The zero-order valence-corrected chi connectivity index (χ0v) is 14.5. The van der Waals surface area contributed by atoms with Crippen LogP contribution in [0.15, 0.2) is 63.3 Å². The van der Waals surface area contributed by atoms with E-state index in [-0.39, 0.29) is 6.79 Å². The standard InChI is InChI=1S/C19H15N3O3S/c1-2-4-15-13(3-1)8-17(25-15)14-10-26-19(22-21-14)20-9-12-5-6-16-18(7-12)24-11-23-16/h1-8,10,21H,9,11H2,(H,20,22). The van der Waals surface area contributed by atoms with E-state index >= 15 is 0 Å². The van der Waals surface area contributed by atoms with E-state index in [2.05, 4.69) is 15.8 Å². The Kier molecular flexibility index (Phi) is 3.71. The molecule has 0 saturated carbocycles. The van der Waals surface area contributed by atoms with Crippen LogP contribution in [0.25, 0.3) is 16.7 Å². The molecule has 130 valence electrons. The maximum absolute atomic E-state index is 5.86. The molecule has 0 spiro atoms. The molecule has 0 saturated heterocycles. The van der Waals surface area contributed by atoms with Gasteiger partial charge in [0.05, 0.1) is 6.54 Å². The summed E-state index contributed by atoms with van der Waals surface area (Å²) < 4.78 is 16.6. The number of hydrogen-bond acceptors (Lipinski definition) is 6. The summed E-state index contributed by atoms with van der Waals surface area (Å²) in [4.78, 5) is 4.58. The largest absolute Gasteiger partial charge is 0.454 e. The molecule has 0 bridgehead atoms. The summed E-state index contributed by atoms with van der Waals surface area (Å²) in [7, 11) is 0. The second-order valence-corrected chi connectivity index (χ2v) is 6.71. The smallest absolute Gasteiger partial charge is 0.231 e. The number of aliphatic imine (C=N–C) groups is 1. The molecule has 0 radical (unpaired) electrons. The highest BCUT2D eigenvalue weighted by Crippen LogP contribution is 2.33. The van der Waals surface area contributed by atoms with Gasteiger partial charge in [0.1, 0.15) is 11.3 Å². The first-order chi connectivity index (χ1) is 12.8. The molecule has 2 N–H and O–H groups in total. The molecule has 7 heteroatoms. The highest BCUT2D eigenvalue weighted by molar-refractivity contribution is 8.16. The summed E-state index contributed by atoms with van der Waals surface area (Å²) in [5, 5.41) is 3.87. The number of thioether (sulfide) groups is 1. The van der Waals surface area contributed by atoms with Crippen molar-refractivity contribution in [1.29, 1.82) is 0 Å². The van der Waals surface area contributed by atoms with E-state index in [1.54, 1.807) is 0 Å². The molecule has 1 aromatic heterocycles. The van der Waals surface area contributed by atoms with Gasteiger partial charge in [-0.05, 0) is 29.8 Å².